The number of Topliss-reactive ketones (excluding diaryl/α,β-unsaturated/α-hetero) is 1. The number of thioether (sulfide) groups is 1. The topological polar surface area (TPSA) is 92.8 Å². The first-order chi connectivity index (χ1) is 15.6. The van der Waals surface area contributed by atoms with Gasteiger partial charge >= 0.3 is 5.97 Å². The van der Waals surface area contributed by atoms with Gasteiger partial charge in [0.05, 0.1) is 11.3 Å². The Labute approximate surface area is 197 Å². The smallest absolute Gasteiger partial charge is 0.339 e. The van der Waals surface area contributed by atoms with Crippen molar-refractivity contribution >= 4 is 46.7 Å². The molecule has 33 heavy (non-hydrogen) atoms. The molecule has 0 radical (unpaired) electrons. The molecule has 1 aliphatic heterocycles. The van der Waals surface area contributed by atoms with Crippen molar-refractivity contribution in [2.45, 2.75) is 38.5 Å². The molecule has 0 aromatic heterocycles. The van der Waals surface area contributed by atoms with Gasteiger partial charge < -0.3 is 15.0 Å². The average Bonchev–Trinajstić information content (AvgIpc) is 3.21. The molecule has 7 nitrogen and oxygen atoms in total. The largest absolute Gasteiger partial charge is 0.454 e. The summed E-state index contributed by atoms with van der Waals surface area (Å²) in [5.74, 6) is -0.778. The van der Waals surface area contributed by atoms with Crippen LogP contribution in [0.15, 0.2) is 53.4 Å². The fourth-order valence-electron chi connectivity index (χ4n) is 3.17. The van der Waals surface area contributed by atoms with E-state index in [0.29, 0.717) is 29.1 Å². The molecular weight excluding hydrogens is 440 g/mol. The number of hydrogen-bond acceptors (Lipinski definition) is 6. The average molecular weight is 469 g/mol. The standard InChI is InChI=1S/C25H28N2O5S/c1-25(2,3)21(28)15-32-24(31)19-7-4-5-8-20(19)33-16-22(29)26-17-10-12-18(13-11-17)27-14-6-9-23(27)30/h4-5,7-8,10-13H,6,9,14-16H2,1-3H3,(H,26,29). The highest BCUT2D eigenvalue weighted by Crippen LogP contribution is 2.25. The van der Waals surface area contributed by atoms with Crippen molar-refractivity contribution in [2.24, 2.45) is 5.41 Å². The fourth-order valence-corrected chi connectivity index (χ4v) is 4.01. The number of carbonyl (C=O) groups excluding carboxylic acids is 4. The maximum absolute atomic E-state index is 12.5. The van der Waals surface area contributed by atoms with Crippen molar-refractivity contribution in [1.82, 2.24) is 0 Å². The lowest BCUT2D eigenvalue weighted by atomic mass is 9.91. The van der Waals surface area contributed by atoms with Gasteiger partial charge in [-0.1, -0.05) is 32.9 Å². The van der Waals surface area contributed by atoms with Crippen molar-refractivity contribution < 1.29 is 23.9 Å². The van der Waals surface area contributed by atoms with Gasteiger partial charge in [-0.3, -0.25) is 14.4 Å². The molecule has 1 fully saturated rings. The van der Waals surface area contributed by atoms with Crippen LogP contribution >= 0.6 is 11.8 Å². The minimum absolute atomic E-state index is 0.0948. The fraction of sp³-hybridized carbons (Fsp3) is 0.360. The first kappa shape index (κ1) is 24.5. The van der Waals surface area contributed by atoms with Crippen LogP contribution in [0, 0.1) is 5.41 Å². The van der Waals surface area contributed by atoms with Crippen LogP contribution in [-0.2, 0) is 19.1 Å². The highest BCUT2D eigenvalue weighted by molar-refractivity contribution is 8.00. The summed E-state index contributed by atoms with van der Waals surface area (Å²) in [6, 6.07) is 14.0. The number of anilines is 2. The van der Waals surface area contributed by atoms with E-state index in [1.807, 2.05) is 12.1 Å². The summed E-state index contributed by atoms with van der Waals surface area (Å²) in [5, 5.41) is 2.82. The number of nitrogens with zero attached hydrogens (tertiary/aromatic N) is 1. The molecule has 3 rings (SSSR count). The Kier molecular flexibility index (Phi) is 7.92. The zero-order valence-electron chi connectivity index (χ0n) is 19.1. The summed E-state index contributed by atoms with van der Waals surface area (Å²) >= 11 is 1.22. The molecular formula is C25H28N2O5S. The first-order valence-electron chi connectivity index (χ1n) is 10.8. The maximum Gasteiger partial charge on any atom is 0.339 e. The van der Waals surface area contributed by atoms with E-state index in [-0.39, 0.29) is 30.0 Å². The molecule has 1 aliphatic rings. The number of ketones is 1. The van der Waals surface area contributed by atoms with Crippen LogP contribution < -0.4 is 10.2 Å². The van der Waals surface area contributed by atoms with Gasteiger partial charge in [0.15, 0.2) is 12.4 Å². The van der Waals surface area contributed by atoms with Crippen molar-refractivity contribution in [2.75, 3.05) is 29.1 Å². The van der Waals surface area contributed by atoms with Crippen LogP contribution in [0.4, 0.5) is 11.4 Å². The normalized spacial score (nSPS) is 13.7. The minimum Gasteiger partial charge on any atom is -0.454 e. The van der Waals surface area contributed by atoms with E-state index in [2.05, 4.69) is 5.32 Å². The zero-order chi connectivity index (χ0) is 24.0. The molecule has 1 N–H and O–H groups in total. The highest BCUT2D eigenvalue weighted by Gasteiger charge is 2.24. The molecule has 0 atom stereocenters. The van der Waals surface area contributed by atoms with E-state index in [9.17, 15) is 19.2 Å². The number of hydrogen-bond donors (Lipinski definition) is 1. The minimum atomic E-state index is -0.594. The third-order valence-electron chi connectivity index (χ3n) is 5.17. The first-order valence-corrected chi connectivity index (χ1v) is 11.8. The molecule has 0 bridgehead atoms. The second-order valence-corrected chi connectivity index (χ2v) is 9.80. The summed E-state index contributed by atoms with van der Waals surface area (Å²) in [7, 11) is 0. The van der Waals surface area contributed by atoms with Crippen molar-refractivity contribution in [3.8, 4) is 0 Å². The molecule has 174 valence electrons. The number of nitrogens with one attached hydrogen (secondary N) is 1. The van der Waals surface area contributed by atoms with Crippen LogP contribution in [0.1, 0.15) is 44.0 Å². The molecule has 2 aromatic rings. The predicted octanol–water partition coefficient (Wildman–Crippen LogP) is 4.32. The van der Waals surface area contributed by atoms with Crippen LogP contribution in [0.3, 0.4) is 0 Å². The molecule has 8 heteroatoms. The molecule has 0 aliphatic carbocycles. The van der Waals surface area contributed by atoms with Gasteiger partial charge in [-0.05, 0) is 42.8 Å². The number of ether oxygens (including phenoxy) is 1. The predicted molar refractivity (Wildman–Crippen MR) is 129 cm³/mol. The summed E-state index contributed by atoms with van der Waals surface area (Å²) in [6.07, 6.45) is 1.42. The Bertz CT molecular complexity index is 1040. The number of amides is 2. The van der Waals surface area contributed by atoms with E-state index in [4.69, 9.17) is 4.74 Å². The number of benzene rings is 2. The second kappa shape index (κ2) is 10.7. The summed E-state index contributed by atoms with van der Waals surface area (Å²) < 4.78 is 5.19. The number of rotatable bonds is 8. The quantitative estimate of drug-likeness (QED) is 0.458. The molecule has 2 aromatic carbocycles. The molecule has 0 spiro atoms. The van der Waals surface area contributed by atoms with Gasteiger partial charge in [0.1, 0.15) is 0 Å². The van der Waals surface area contributed by atoms with E-state index in [1.54, 1.807) is 62.1 Å². The number of carbonyl (C=O) groups is 4. The lowest BCUT2D eigenvalue weighted by Gasteiger charge is -2.16. The van der Waals surface area contributed by atoms with Crippen LogP contribution in [0.25, 0.3) is 0 Å². The Morgan fingerprint density at radius 3 is 2.39 bits per heavy atom. The third-order valence-corrected chi connectivity index (χ3v) is 6.25. The summed E-state index contributed by atoms with van der Waals surface area (Å²) in [4.78, 5) is 51.1. The Morgan fingerprint density at radius 2 is 1.76 bits per heavy atom. The van der Waals surface area contributed by atoms with Gasteiger partial charge in [-0.2, -0.15) is 0 Å². The van der Waals surface area contributed by atoms with Crippen LogP contribution in [0.5, 0.6) is 0 Å². The Hall–Kier alpha value is -3.13. The van der Waals surface area contributed by atoms with E-state index in [0.717, 1.165) is 12.1 Å². The molecule has 0 saturated carbocycles. The monoisotopic (exact) mass is 468 g/mol. The van der Waals surface area contributed by atoms with E-state index < -0.39 is 11.4 Å². The Balaban J connectivity index is 1.54. The van der Waals surface area contributed by atoms with Crippen molar-refractivity contribution in [1.29, 1.82) is 0 Å². The lowest BCUT2D eigenvalue weighted by molar-refractivity contribution is -0.129. The maximum atomic E-state index is 12.5. The highest BCUT2D eigenvalue weighted by atomic mass is 32.2. The summed E-state index contributed by atoms with van der Waals surface area (Å²) in [5.41, 5.74) is 1.18. The lowest BCUT2D eigenvalue weighted by Crippen LogP contribution is -2.26. The number of esters is 1. The third kappa shape index (κ3) is 6.68. The van der Waals surface area contributed by atoms with Crippen molar-refractivity contribution in [3.05, 3.63) is 54.1 Å². The van der Waals surface area contributed by atoms with Crippen molar-refractivity contribution in [3.63, 3.8) is 0 Å². The molecule has 2 amide bonds. The van der Waals surface area contributed by atoms with E-state index in [1.165, 1.54) is 11.8 Å². The SMILES string of the molecule is CC(C)(C)C(=O)COC(=O)c1ccccc1SCC(=O)Nc1ccc(N2CCCC2=O)cc1. The molecule has 1 heterocycles. The summed E-state index contributed by atoms with van der Waals surface area (Å²) in [6.45, 7) is 5.73. The van der Waals surface area contributed by atoms with Gasteiger partial charge in [0.25, 0.3) is 0 Å². The van der Waals surface area contributed by atoms with E-state index >= 15 is 0 Å². The second-order valence-electron chi connectivity index (χ2n) is 8.78. The van der Waals surface area contributed by atoms with Gasteiger partial charge in [-0.15, -0.1) is 11.8 Å². The van der Waals surface area contributed by atoms with Crippen LogP contribution in [0.2, 0.25) is 0 Å². The molecule has 0 unspecified atom stereocenters. The zero-order valence-corrected chi connectivity index (χ0v) is 19.9. The van der Waals surface area contributed by atoms with Gasteiger partial charge in [0.2, 0.25) is 11.8 Å². The molecule has 1 saturated heterocycles. The van der Waals surface area contributed by atoms with Gasteiger partial charge in [-0.25, -0.2) is 4.79 Å². The Morgan fingerprint density at radius 1 is 1.06 bits per heavy atom. The van der Waals surface area contributed by atoms with Crippen LogP contribution in [-0.4, -0.2) is 42.5 Å². The van der Waals surface area contributed by atoms with Gasteiger partial charge in [0, 0.05) is 34.7 Å².